The van der Waals surface area contributed by atoms with Gasteiger partial charge in [-0.25, -0.2) is 8.42 Å². The first-order valence-corrected chi connectivity index (χ1v) is 10.4. The number of hydrogen-bond donors (Lipinski definition) is 0. The minimum Gasteiger partial charge on any atom is -0.371 e. The lowest BCUT2D eigenvalue weighted by Gasteiger charge is -2.32. The standard InChI is InChI=1S/C19H22N4O3S/c1-3-22-12-15(11-21-22)17-13-23(9-10-26-17)27(24,25)18-7-6-14(2)19-16(18)5-4-8-20-19/h4-8,11-12,17H,3,9-10,13H2,1-2H3. The fourth-order valence-corrected chi connectivity index (χ4v) is 5.02. The van der Waals surface area contributed by atoms with Gasteiger partial charge >= 0.3 is 0 Å². The van der Waals surface area contributed by atoms with E-state index in [9.17, 15) is 8.42 Å². The number of hydrogen-bond acceptors (Lipinski definition) is 5. The lowest BCUT2D eigenvalue weighted by Crippen LogP contribution is -2.42. The molecule has 0 bridgehead atoms. The summed E-state index contributed by atoms with van der Waals surface area (Å²) < 4.78 is 35.9. The summed E-state index contributed by atoms with van der Waals surface area (Å²) in [5, 5.41) is 4.92. The first kappa shape index (κ1) is 18.1. The van der Waals surface area contributed by atoms with Crippen LogP contribution in [0, 0.1) is 6.92 Å². The largest absolute Gasteiger partial charge is 0.371 e. The van der Waals surface area contributed by atoms with Crippen molar-refractivity contribution in [1.82, 2.24) is 19.1 Å². The fourth-order valence-electron chi connectivity index (χ4n) is 3.42. The van der Waals surface area contributed by atoms with Crippen LogP contribution >= 0.6 is 0 Å². The normalized spacial score (nSPS) is 18.8. The average Bonchev–Trinajstić information content (AvgIpc) is 3.18. The van der Waals surface area contributed by atoms with Gasteiger partial charge in [0.05, 0.1) is 29.3 Å². The first-order valence-electron chi connectivity index (χ1n) is 8.99. The summed E-state index contributed by atoms with van der Waals surface area (Å²) in [7, 11) is -3.66. The zero-order valence-corrected chi connectivity index (χ0v) is 16.2. The highest BCUT2D eigenvalue weighted by Gasteiger charge is 2.33. The first-order chi connectivity index (χ1) is 13.0. The molecule has 3 heterocycles. The maximum Gasteiger partial charge on any atom is 0.243 e. The van der Waals surface area contributed by atoms with E-state index in [2.05, 4.69) is 10.1 Å². The maximum absolute atomic E-state index is 13.4. The molecule has 1 atom stereocenters. The van der Waals surface area contributed by atoms with Crippen molar-refractivity contribution in [2.24, 2.45) is 0 Å². The summed E-state index contributed by atoms with van der Waals surface area (Å²) >= 11 is 0. The van der Waals surface area contributed by atoms with Crippen LogP contribution in [0.5, 0.6) is 0 Å². The monoisotopic (exact) mass is 386 g/mol. The molecule has 1 fully saturated rings. The molecule has 4 rings (SSSR count). The highest BCUT2D eigenvalue weighted by atomic mass is 32.2. The van der Waals surface area contributed by atoms with Crippen LogP contribution in [0.3, 0.4) is 0 Å². The van der Waals surface area contributed by atoms with E-state index >= 15 is 0 Å². The van der Waals surface area contributed by atoms with Crippen LogP contribution in [-0.4, -0.2) is 47.2 Å². The molecular weight excluding hydrogens is 364 g/mol. The number of aromatic nitrogens is 3. The minimum absolute atomic E-state index is 0.271. The van der Waals surface area contributed by atoms with E-state index in [1.54, 1.807) is 24.5 Å². The van der Waals surface area contributed by atoms with E-state index in [1.807, 2.05) is 36.9 Å². The molecule has 7 nitrogen and oxygen atoms in total. The summed E-state index contributed by atoms with van der Waals surface area (Å²) in [6, 6.07) is 7.06. The Balaban J connectivity index is 1.69. The molecule has 0 radical (unpaired) electrons. The van der Waals surface area contributed by atoms with Crippen molar-refractivity contribution < 1.29 is 13.2 Å². The van der Waals surface area contributed by atoms with Crippen molar-refractivity contribution in [1.29, 1.82) is 0 Å². The molecule has 142 valence electrons. The molecule has 3 aromatic rings. The Morgan fingerprint density at radius 3 is 2.93 bits per heavy atom. The molecule has 1 aliphatic heterocycles. The van der Waals surface area contributed by atoms with Crippen LogP contribution < -0.4 is 0 Å². The molecule has 0 saturated carbocycles. The quantitative estimate of drug-likeness (QED) is 0.689. The van der Waals surface area contributed by atoms with E-state index in [1.165, 1.54) is 4.31 Å². The van der Waals surface area contributed by atoms with Gasteiger partial charge < -0.3 is 4.74 Å². The Morgan fingerprint density at radius 2 is 2.15 bits per heavy atom. The Labute approximate surface area is 158 Å². The van der Waals surface area contributed by atoms with Gasteiger partial charge in [-0.2, -0.15) is 9.40 Å². The minimum atomic E-state index is -3.66. The number of pyridine rings is 1. The molecule has 1 saturated heterocycles. The molecule has 0 N–H and O–H groups in total. The van der Waals surface area contributed by atoms with Gasteiger partial charge in [-0.1, -0.05) is 6.07 Å². The summed E-state index contributed by atoms with van der Waals surface area (Å²) in [4.78, 5) is 4.65. The van der Waals surface area contributed by atoms with Crippen LogP contribution in [0.1, 0.15) is 24.2 Å². The average molecular weight is 386 g/mol. The number of aryl methyl sites for hydroxylation is 2. The van der Waals surface area contributed by atoms with Crippen molar-refractivity contribution in [3.63, 3.8) is 0 Å². The van der Waals surface area contributed by atoms with Gasteiger partial charge in [0.15, 0.2) is 0 Å². The fraction of sp³-hybridized carbons (Fsp3) is 0.368. The topological polar surface area (TPSA) is 77.3 Å². The number of fused-ring (bicyclic) bond motifs is 1. The number of morpholine rings is 1. The van der Waals surface area contributed by atoms with Crippen LogP contribution in [-0.2, 0) is 21.3 Å². The van der Waals surface area contributed by atoms with Gasteiger partial charge in [-0.3, -0.25) is 9.67 Å². The van der Waals surface area contributed by atoms with Crippen LogP contribution in [0.4, 0.5) is 0 Å². The predicted octanol–water partition coefficient (Wildman–Crippen LogP) is 2.52. The van der Waals surface area contributed by atoms with Gasteiger partial charge in [-0.15, -0.1) is 0 Å². The Kier molecular flexibility index (Phi) is 4.71. The predicted molar refractivity (Wildman–Crippen MR) is 102 cm³/mol. The zero-order valence-electron chi connectivity index (χ0n) is 15.4. The van der Waals surface area contributed by atoms with Gasteiger partial charge in [0.2, 0.25) is 10.0 Å². The van der Waals surface area contributed by atoms with Crippen LogP contribution in [0.15, 0.2) is 47.8 Å². The number of sulfonamides is 1. The number of ether oxygens (including phenoxy) is 1. The van der Waals surface area contributed by atoms with Gasteiger partial charge in [0, 0.05) is 43.0 Å². The maximum atomic E-state index is 13.4. The van der Waals surface area contributed by atoms with Crippen molar-refractivity contribution in [2.45, 2.75) is 31.4 Å². The summed E-state index contributed by atoms with van der Waals surface area (Å²) in [5.41, 5.74) is 2.57. The van der Waals surface area contributed by atoms with Gasteiger partial charge in [0.25, 0.3) is 0 Å². The number of benzene rings is 1. The molecular formula is C19H22N4O3S. The lowest BCUT2D eigenvalue weighted by atomic mass is 10.1. The molecule has 8 heteroatoms. The van der Waals surface area contributed by atoms with E-state index in [0.29, 0.717) is 29.0 Å². The van der Waals surface area contributed by atoms with E-state index in [4.69, 9.17) is 4.74 Å². The zero-order chi connectivity index (χ0) is 19.0. The van der Waals surface area contributed by atoms with Gasteiger partial charge in [-0.05, 0) is 37.6 Å². The smallest absolute Gasteiger partial charge is 0.243 e. The summed E-state index contributed by atoms with van der Waals surface area (Å²) in [6.07, 6.45) is 5.02. The molecule has 0 spiro atoms. The second kappa shape index (κ2) is 7.03. The number of nitrogens with zero attached hydrogens (tertiary/aromatic N) is 4. The van der Waals surface area contributed by atoms with E-state index < -0.39 is 10.0 Å². The molecule has 1 aromatic carbocycles. The van der Waals surface area contributed by atoms with Crippen LogP contribution in [0.2, 0.25) is 0 Å². The van der Waals surface area contributed by atoms with Gasteiger partial charge in [0.1, 0.15) is 0 Å². The van der Waals surface area contributed by atoms with E-state index in [0.717, 1.165) is 17.7 Å². The highest BCUT2D eigenvalue weighted by Crippen LogP contribution is 2.30. The SMILES string of the molecule is CCn1cc(C2CN(S(=O)(=O)c3ccc(C)c4ncccc34)CCO2)cn1. The molecule has 2 aromatic heterocycles. The molecule has 0 amide bonds. The second-order valence-corrected chi connectivity index (χ2v) is 8.54. The van der Waals surface area contributed by atoms with Crippen molar-refractivity contribution in [3.8, 4) is 0 Å². The molecule has 1 unspecified atom stereocenters. The number of rotatable bonds is 4. The second-order valence-electron chi connectivity index (χ2n) is 6.63. The van der Waals surface area contributed by atoms with Crippen molar-refractivity contribution >= 4 is 20.9 Å². The van der Waals surface area contributed by atoms with Crippen molar-refractivity contribution in [2.75, 3.05) is 19.7 Å². The lowest BCUT2D eigenvalue weighted by molar-refractivity contribution is -0.00258. The molecule has 27 heavy (non-hydrogen) atoms. The van der Waals surface area contributed by atoms with Crippen LogP contribution in [0.25, 0.3) is 10.9 Å². The summed E-state index contributed by atoms with van der Waals surface area (Å²) in [5.74, 6) is 0. The third kappa shape index (κ3) is 3.24. The molecule has 0 aliphatic carbocycles. The Bertz CT molecular complexity index is 1080. The third-order valence-corrected chi connectivity index (χ3v) is 6.85. The third-order valence-electron chi connectivity index (χ3n) is 4.93. The van der Waals surface area contributed by atoms with Crippen molar-refractivity contribution in [3.05, 3.63) is 54.0 Å². The highest BCUT2D eigenvalue weighted by molar-refractivity contribution is 7.89. The summed E-state index contributed by atoms with van der Waals surface area (Å²) in [6.45, 7) is 5.65. The Morgan fingerprint density at radius 1 is 1.30 bits per heavy atom. The molecule has 1 aliphatic rings. The van der Waals surface area contributed by atoms with E-state index in [-0.39, 0.29) is 12.6 Å². The Hall–Kier alpha value is -2.29.